The van der Waals surface area contributed by atoms with Crippen molar-refractivity contribution in [3.05, 3.63) is 67.8 Å². The molecule has 0 spiro atoms. The Balaban J connectivity index is 2.08. The standard InChI is InChI=1S/C30H46N2/c1-17(14-15-31-28-24(8)20(4)18(2)21(5)25(28)9)30(12,13)16-32-29-26(10)22(6)19(3)23(7)27(29)11/h31-32H,1,14-16H2,2-13H3. The molecular formula is C30H46N2. The molecule has 0 heterocycles. The Morgan fingerprint density at radius 3 is 1.25 bits per heavy atom. The Kier molecular flexibility index (Phi) is 7.92. The fourth-order valence-electron chi connectivity index (χ4n) is 4.64. The van der Waals surface area contributed by atoms with Crippen LogP contribution in [0.25, 0.3) is 0 Å². The molecule has 0 aliphatic heterocycles. The molecule has 0 aliphatic carbocycles. The van der Waals surface area contributed by atoms with E-state index in [-0.39, 0.29) is 5.41 Å². The zero-order valence-corrected chi connectivity index (χ0v) is 22.8. The van der Waals surface area contributed by atoms with Crippen molar-refractivity contribution in [1.82, 2.24) is 0 Å². The first-order valence-corrected chi connectivity index (χ1v) is 12.0. The third-order valence-electron chi connectivity index (χ3n) is 8.39. The summed E-state index contributed by atoms with van der Waals surface area (Å²) < 4.78 is 0. The fourth-order valence-corrected chi connectivity index (χ4v) is 4.64. The van der Waals surface area contributed by atoms with Crippen LogP contribution in [0.5, 0.6) is 0 Å². The van der Waals surface area contributed by atoms with Crippen molar-refractivity contribution >= 4 is 11.4 Å². The number of hydrogen-bond donors (Lipinski definition) is 2. The molecule has 2 rings (SSSR count). The highest BCUT2D eigenvalue weighted by atomic mass is 14.9. The monoisotopic (exact) mass is 434 g/mol. The van der Waals surface area contributed by atoms with Crippen molar-refractivity contribution in [3.8, 4) is 0 Å². The molecule has 2 heteroatoms. The largest absolute Gasteiger partial charge is 0.384 e. The lowest BCUT2D eigenvalue weighted by atomic mass is 9.82. The highest BCUT2D eigenvalue weighted by Gasteiger charge is 2.23. The molecule has 0 bridgehead atoms. The second kappa shape index (κ2) is 9.73. The minimum Gasteiger partial charge on any atom is -0.384 e. The van der Waals surface area contributed by atoms with Gasteiger partial charge < -0.3 is 10.6 Å². The molecule has 0 aliphatic rings. The highest BCUT2D eigenvalue weighted by molar-refractivity contribution is 5.65. The second-order valence-electron chi connectivity index (χ2n) is 10.5. The predicted molar refractivity (Wildman–Crippen MR) is 145 cm³/mol. The summed E-state index contributed by atoms with van der Waals surface area (Å²) in [6.07, 6.45) is 0.962. The molecule has 0 amide bonds. The van der Waals surface area contributed by atoms with E-state index in [2.05, 4.69) is 100 Å². The lowest BCUT2D eigenvalue weighted by Gasteiger charge is -2.30. The number of benzene rings is 2. The maximum atomic E-state index is 4.48. The van der Waals surface area contributed by atoms with Gasteiger partial charge in [-0.1, -0.05) is 26.0 Å². The van der Waals surface area contributed by atoms with Crippen molar-refractivity contribution in [2.24, 2.45) is 5.41 Å². The van der Waals surface area contributed by atoms with E-state index in [1.54, 1.807) is 0 Å². The average molecular weight is 435 g/mol. The van der Waals surface area contributed by atoms with Crippen LogP contribution >= 0.6 is 0 Å². The van der Waals surface area contributed by atoms with Gasteiger partial charge >= 0.3 is 0 Å². The molecule has 176 valence electrons. The summed E-state index contributed by atoms with van der Waals surface area (Å²) >= 11 is 0. The SMILES string of the molecule is C=C(CCNc1c(C)c(C)c(C)c(C)c1C)C(C)(C)CNc1c(C)c(C)c(C)c(C)c1C. The zero-order chi connectivity index (χ0) is 24.5. The summed E-state index contributed by atoms with van der Waals surface area (Å²) in [7, 11) is 0. The smallest absolute Gasteiger partial charge is 0.0405 e. The Morgan fingerprint density at radius 1 is 0.562 bits per heavy atom. The van der Waals surface area contributed by atoms with Gasteiger partial charge in [-0.15, -0.1) is 0 Å². The Bertz CT molecular complexity index is 980. The molecule has 0 saturated carbocycles. The fraction of sp³-hybridized carbons (Fsp3) is 0.533. The molecule has 0 unspecified atom stereocenters. The van der Waals surface area contributed by atoms with Gasteiger partial charge in [0, 0.05) is 29.9 Å². The summed E-state index contributed by atoms with van der Waals surface area (Å²) in [5.74, 6) is 0. The van der Waals surface area contributed by atoms with Crippen LogP contribution < -0.4 is 10.6 Å². The van der Waals surface area contributed by atoms with E-state index >= 15 is 0 Å². The first kappa shape index (κ1) is 26.0. The number of hydrogen-bond acceptors (Lipinski definition) is 2. The third kappa shape index (κ3) is 4.90. The van der Waals surface area contributed by atoms with Crippen LogP contribution in [0.3, 0.4) is 0 Å². The van der Waals surface area contributed by atoms with Crippen molar-refractivity contribution in [3.63, 3.8) is 0 Å². The number of nitrogens with one attached hydrogen (secondary N) is 2. The van der Waals surface area contributed by atoms with Crippen LogP contribution in [0.15, 0.2) is 12.2 Å². The lowest BCUT2D eigenvalue weighted by Crippen LogP contribution is -2.27. The molecule has 2 aromatic rings. The van der Waals surface area contributed by atoms with E-state index in [1.807, 2.05) is 0 Å². The van der Waals surface area contributed by atoms with Gasteiger partial charge in [-0.3, -0.25) is 0 Å². The van der Waals surface area contributed by atoms with Gasteiger partial charge in [0.2, 0.25) is 0 Å². The van der Waals surface area contributed by atoms with Crippen LogP contribution in [0.4, 0.5) is 11.4 Å². The molecule has 32 heavy (non-hydrogen) atoms. The molecule has 2 N–H and O–H groups in total. The van der Waals surface area contributed by atoms with Crippen LogP contribution in [-0.4, -0.2) is 13.1 Å². The van der Waals surface area contributed by atoms with Crippen molar-refractivity contribution in [1.29, 1.82) is 0 Å². The number of anilines is 2. The first-order valence-electron chi connectivity index (χ1n) is 12.0. The predicted octanol–water partition coefficient (Wildman–Crippen LogP) is 8.27. The third-order valence-corrected chi connectivity index (χ3v) is 8.39. The topological polar surface area (TPSA) is 24.1 Å². The normalized spacial score (nSPS) is 11.6. The lowest BCUT2D eigenvalue weighted by molar-refractivity contribution is 0.462. The summed E-state index contributed by atoms with van der Waals surface area (Å²) in [5, 5.41) is 7.50. The molecule has 2 aromatic carbocycles. The summed E-state index contributed by atoms with van der Waals surface area (Å²) in [6.45, 7) is 33.2. The average Bonchev–Trinajstić information content (AvgIpc) is 2.75. The maximum Gasteiger partial charge on any atom is 0.0405 e. The van der Waals surface area contributed by atoms with E-state index in [0.717, 1.165) is 19.5 Å². The Hall–Kier alpha value is -2.22. The van der Waals surface area contributed by atoms with Crippen molar-refractivity contribution < 1.29 is 0 Å². The van der Waals surface area contributed by atoms with E-state index < -0.39 is 0 Å². The quantitative estimate of drug-likeness (QED) is 0.408. The Labute approximate surface area is 197 Å². The van der Waals surface area contributed by atoms with Crippen LogP contribution in [0.2, 0.25) is 0 Å². The minimum absolute atomic E-state index is 0.0104. The second-order valence-corrected chi connectivity index (χ2v) is 10.5. The molecule has 0 fully saturated rings. The molecule has 2 nitrogen and oxygen atoms in total. The maximum absolute atomic E-state index is 4.48. The van der Waals surface area contributed by atoms with E-state index in [0.29, 0.717) is 0 Å². The van der Waals surface area contributed by atoms with Gasteiger partial charge in [0.15, 0.2) is 0 Å². The molecule has 0 radical (unpaired) electrons. The van der Waals surface area contributed by atoms with Crippen LogP contribution in [0, 0.1) is 74.7 Å². The van der Waals surface area contributed by atoms with Crippen molar-refractivity contribution in [2.45, 2.75) is 89.5 Å². The van der Waals surface area contributed by atoms with Crippen LogP contribution in [0.1, 0.15) is 75.9 Å². The first-order chi connectivity index (χ1) is 14.7. The molecule has 0 atom stereocenters. The molecule has 0 aromatic heterocycles. The van der Waals surface area contributed by atoms with Crippen molar-refractivity contribution in [2.75, 3.05) is 23.7 Å². The molecular weight excluding hydrogens is 388 g/mol. The van der Waals surface area contributed by atoms with Gasteiger partial charge in [0.25, 0.3) is 0 Å². The van der Waals surface area contributed by atoms with Gasteiger partial charge in [-0.05, 0) is 131 Å². The molecule has 0 saturated heterocycles. The van der Waals surface area contributed by atoms with E-state index in [9.17, 15) is 0 Å². The van der Waals surface area contributed by atoms with Gasteiger partial charge in [-0.25, -0.2) is 0 Å². The van der Waals surface area contributed by atoms with Gasteiger partial charge in [-0.2, -0.15) is 0 Å². The minimum atomic E-state index is 0.0104. The van der Waals surface area contributed by atoms with E-state index in [1.165, 1.54) is 72.6 Å². The highest BCUT2D eigenvalue weighted by Crippen LogP contribution is 2.34. The van der Waals surface area contributed by atoms with Gasteiger partial charge in [0.1, 0.15) is 0 Å². The zero-order valence-electron chi connectivity index (χ0n) is 22.8. The van der Waals surface area contributed by atoms with Crippen LogP contribution in [-0.2, 0) is 0 Å². The summed E-state index contributed by atoms with van der Waals surface area (Å²) in [6, 6.07) is 0. The van der Waals surface area contributed by atoms with Gasteiger partial charge in [0.05, 0.1) is 0 Å². The summed E-state index contributed by atoms with van der Waals surface area (Å²) in [4.78, 5) is 0. The summed E-state index contributed by atoms with van der Waals surface area (Å²) in [5.41, 5.74) is 17.8. The van der Waals surface area contributed by atoms with E-state index in [4.69, 9.17) is 0 Å². The Morgan fingerprint density at radius 2 is 0.875 bits per heavy atom. The number of rotatable bonds is 8.